The van der Waals surface area contributed by atoms with E-state index in [9.17, 15) is 4.79 Å². The quantitative estimate of drug-likeness (QED) is 0.241. The summed E-state index contributed by atoms with van der Waals surface area (Å²) in [5.74, 6) is -0.736. The molecule has 1 aliphatic heterocycles. The van der Waals surface area contributed by atoms with Crippen LogP contribution in [0.25, 0.3) is 0 Å². The van der Waals surface area contributed by atoms with Crippen molar-refractivity contribution in [2.45, 2.75) is 6.92 Å². The Kier molecular flexibility index (Phi) is 5.14. The van der Waals surface area contributed by atoms with Gasteiger partial charge in [0.05, 0.1) is 13.2 Å². The summed E-state index contributed by atoms with van der Waals surface area (Å²) in [6.07, 6.45) is 0. The summed E-state index contributed by atoms with van der Waals surface area (Å²) in [6, 6.07) is 0. The van der Waals surface area contributed by atoms with Crippen molar-refractivity contribution in [1.29, 1.82) is 0 Å². The van der Waals surface area contributed by atoms with Gasteiger partial charge in [-0.05, 0) is 0 Å². The zero-order chi connectivity index (χ0) is 13.5. The highest BCUT2D eigenvalue weighted by Crippen LogP contribution is 1.94. The van der Waals surface area contributed by atoms with Crippen molar-refractivity contribution in [2.24, 2.45) is 27.4 Å². The average Bonchev–Trinajstić information content (AvgIpc) is 2.28. The zero-order valence-electron chi connectivity index (χ0n) is 10.2. The molecule has 7 N–H and O–H groups in total. The van der Waals surface area contributed by atoms with Crippen molar-refractivity contribution in [3.8, 4) is 0 Å². The van der Waals surface area contributed by atoms with E-state index in [1.807, 2.05) is 5.01 Å². The molecule has 0 saturated carbocycles. The first kappa shape index (κ1) is 14.0. The number of hydrazone groups is 2. The van der Waals surface area contributed by atoms with Crippen LogP contribution in [0.5, 0.6) is 0 Å². The first-order valence-corrected chi connectivity index (χ1v) is 5.32. The summed E-state index contributed by atoms with van der Waals surface area (Å²) in [5.41, 5.74) is 18.8. The van der Waals surface area contributed by atoms with Crippen LogP contribution in [0.3, 0.4) is 0 Å². The van der Waals surface area contributed by atoms with Gasteiger partial charge in [0.1, 0.15) is 0 Å². The van der Waals surface area contributed by atoms with Gasteiger partial charge in [-0.15, -0.1) is 15.3 Å². The van der Waals surface area contributed by atoms with Crippen LogP contribution in [0, 0.1) is 0 Å². The Morgan fingerprint density at radius 3 is 2.39 bits per heavy atom. The number of nitrogens with two attached hydrogens (primary N) is 3. The molecule has 18 heavy (non-hydrogen) atoms. The second kappa shape index (κ2) is 6.61. The minimum Gasteiger partial charge on any atom is -0.379 e. The van der Waals surface area contributed by atoms with Crippen LogP contribution in [-0.4, -0.2) is 54.3 Å². The Bertz CT molecular complexity index is 345. The number of hydrogen-bond acceptors (Lipinski definition) is 5. The molecule has 0 aliphatic carbocycles. The van der Waals surface area contributed by atoms with Crippen molar-refractivity contribution in [2.75, 3.05) is 26.3 Å². The molecule has 10 nitrogen and oxygen atoms in total. The van der Waals surface area contributed by atoms with Gasteiger partial charge < -0.3 is 21.9 Å². The summed E-state index contributed by atoms with van der Waals surface area (Å²) in [7, 11) is 0. The van der Waals surface area contributed by atoms with Crippen LogP contribution in [0.2, 0.25) is 0 Å². The van der Waals surface area contributed by atoms with Crippen LogP contribution >= 0.6 is 0 Å². The number of nitrogens with one attached hydrogen (secondary N) is 1. The van der Waals surface area contributed by atoms with E-state index in [-0.39, 0.29) is 11.9 Å². The molecule has 0 aromatic rings. The lowest BCUT2D eigenvalue weighted by Gasteiger charge is -2.27. The molecule has 1 heterocycles. The lowest BCUT2D eigenvalue weighted by atomic mass is 10.5. The van der Waals surface area contributed by atoms with Crippen LogP contribution < -0.4 is 22.6 Å². The van der Waals surface area contributed by atoms with Gasteiger partial charge >= 0.3 is 0 Å². The van der Waals surface area contributed by atoms with Gasteiger partial charge in [-0.25, -0.2) is 5.01 Å². The number of carbonyl (C=O) groups is 1. The normalized spacial score (nSPS) is 17.1. The Balaban J connectivity index is 2.60. The van der Waals surface area contributed by atoms with Crippen molar-refractivity contribution >= 4 is 17.8 Å². The van der Waals surface area contributed by atoms with Gasteiger partial charge in [0.2, 0.25) is 11.9 Å². The minimum atomic E-state index is -0.463. The van der Waals surface area contributed by atoms with Gasteiger partial charge in [-0.1, -0.05) is 0 Å². The highest BCUT2D eigenvalue weighted by molar-refractivity contribution is 5.82. The number of morpholine rings is 1. The predicted octanol–water partition coefficient (Wildman–Crippen LogP) is -2.91. The topological polar surface area (TPSA) is 148 Å². The van der Waals surface area contributed by atoms with Gasteiger partial charge in [-0.2, -0.15) is 0 Å². The summed E-state index contributed by atoms with van der Waals surface area (Å²) in [5, 5.41) is 9.80. The molecule has 0 aromatic carbocycles. The van der Waals surface area contributed by atoms with Gasteiger partial charge in [0.25, 0.3) is 5.91 Å². The number of nitrogens with zero attached hydrogens (tertiary/aromatic N) is 4. The third-order valence-corrected chi connectivity index (χ3v) is 1.98. The summed E-state index contributed by atoms with van der Waals surface area (Å²) in [6.45, 7) is 3.80. The number of carbonyl (C=O) groups excluding carboxylic acids is 1. The van der Waals surface area contributed by atoms with Crippen molar-refractivity contribution in [3.05, 3.63) is 0 Å². The van der Waals surface area contributed by atoms with Gasteiger partial charge in [-0.3, -0.25) is 10.2 Å². The summed E-state index contributed by atoms with van der Waals surface area (Å²) >= 11 is 0. The molecule has 1 fully saturated rings. The molecule has 0 atom stereocenters. The molecule has 1 aliphatic rings. The average molecular weight is 258 g/mol. The largest absolute Gasteiger partial charge is 0.379 e. The third-order valence-electron chi connectivity index (χ3n) is 1.98. The van der Waals surface area contributed by atoms with E-state index in [2.05, 4.69) is 15.6 Å². The molecule has 102 valence electrons. The number of amides is 1. The monoisotopic (exact) mass is 258 g/mol. The van der Waals surface area contributed by atoms with Crippen LogP contribution in [0.1, 0.15) is 6.92 Å². The maximum absolute atomic E-state index is 11.2. The lowest BCUT2D eigenvalue weighted by Crippen LogP contribution is -2.51. The fourth-order valence-electron chi connectivity index (χ4n) is 1.23. The Hall–Kier alpha value is -2.07. The van der Waals surface area contributed by atoms with Crippen molar-refractivity contribution in [3.63, 3.8) is 0 Å². The maximum Gasteiger partial charge on any atom is 0.261 e. The number of guanidine groups is 2. The standard InChI is InChI=1S/C8H18N8O2/c1-6(17)16(12-7(9)10)14-8(11)13-15-2-4-18-5-3-15/h2-5H2,1H3,(H4,9,10,12)(H3,11,13,14). The second-order valence-corrected chi connectivity index (χ2v) is 3.53. The smallest absolute Gasteiger partial charge is 0.261 e. The second-order valence-electron chi connectivity index (χ2n) is 3.53. The molecular weight excluding hydrogens is 240 g/mol. The highest BCUT2D eigenvalue weighted by Gasteiger charge is 2.12. The van der Waals surface area contributed by atoms with Gasteiger partial charge in [0.15, 0.2) is 0 Å². The number of rotatable bonds is 3. The van der Waals surface area contributed by atoms with E-state index in [1.54, 1.807) is 0 Å². The molecule has 0 spiro atoms. The molecule has 0 bridgehead atoms. The van der Waals surface area contributed by atoms with Crippen molar-refractivity contribution in [1.82, 2.24) is 15.6 Å². The van der Waals surface area contributed by atoms with Crippen molar-refractivity contribution < 1.29 is 9.53 Å². The molecule has 1 saturated heterocycles. The van der Waals surface area contributed by atoms with E-state index in [4.69, 9.17) is 21.9 Å². The fourth-order valence-corrected chi connectivity index (χ4v) is 1.23. The van der Waals surface area contributed by atoms with Crippen LogP contribution in [0.15, 0.2) is 10.2 Å². The Morgan fingerprint density at radius 2 is 1.89 bits per heavy atom. The molecule has 0 aromatic heterocycles. The molecule has 1 rings (SSSR count). The highest BCUT2D eigenvalue weighted by atomic mass is 16.5. The molecule has 1 amide bonds. The molecule has 0 unspecified atom stereocenters. The van der Waals surface area contributed by atoms with Crippen LogP contribution in [-0.2, 0) is 9.53 Å². The molecule has 10 heteroatoms. The molecule has 0 radical (unpaired) electrons. The minimum absolute atomic E-state index is 0.0112. The number of ether oxygens (including phenoxy) is 1. The van der Waals surface area contributed by atoms with E-state index in [1.165, 1.54) is 6.92 Å². The lowest BCUT2D eigenvalue weighted by molar-refractivity contribution is -0.129. The van der Waals surface area contributed by atoms with E-state index >= 15 is 0 Å². The van der Waals surface area contributed by atoms with E-state index in [0.717, 1.165) is 5.12 Å². The van der Waals surface area contributed by atoms with E-state index in [0.29, 0.717) is 26.3 Å². The predicted molar refractivity (Wildman–Crippen MR) is 65.5 cm³/mol. The number of hydrazine groups is 1. The first-order valence-electron chi connectivity index (χ1n) is 5.32. The number of hydrogen-bond donors (Lipinski definition) is 4. The SMILES string of the molecule is CC(=O)N(N=C(N)N)N=C(N)NN1CCOCC1. The first-order chi connectivity index (χ1) is 8.49. The van der Waals surface area contributed by atoms with Gasteiger partial charge in [0, 0.05) is 20.0 Å². The summed E-state index contributed by atoms with van der Waals surface area (Å²) in [4.78, 5) is 11.2. The maximum atomic E-state index is 11.2. The zero-order valence-corrected chi connectivity index (χ0v) is 10.2. The molecular formula is C8H18N8O2. The fraction of sp³-hybridized carbons (Fsp3) is 0.625. The van der Waals surface area contributed by atoms with E-state index < -0.39 is 5.91 Å². The third kappa shape index (κ3) is 4.84. The Morgan fingerprint density at radius 1 is 1.28 bits per heavy atom. The Labute approximate surface area is 104 Å². The summed E-state index contributed by atoms with van der Waals surface area (Å²) < 4.78 is 5.17. The van der Waals surface area contributed by atoms with Crippen LogP contribution in [0.4, 0.5) is 0 Å².